The van der Waals surface area contributed by atoms with Crippen LogP contribution in [-0.4, -0.2) is 23.7 Å². The van der Waals surface area contributed by atoms with E-state index in [1.807, 2.05) is 13.8 Å². The summed E-state index contributed by atoms with van der Waals surface area (Å²) >= 11 is 5.83. The van der Waals surface area contributed by atoms with Gasteiger partial charge in [0.2, 0.25) is 0 Å². The van der Waals surface area contributed by atoms with E-state index in [0.717, 1.165) is 6.42 Å². The van der Waals surface area contributed by atoms with Crippen molar-refractivity contribution in [3.8, 4) is 6.07 Å². The molecule has 0 bridgehead atoms. The molecule has 0 aliphatic rings. The first kappa shape index (κ1) is 14.3. The van der Waals surface area contributed by atoms with Crippen LogP contribution in [0.5, 0.6) is 0 Å². The van der Waals surface area contributed by atoms with E-state index in [4.69, 9.17) is 22.0 Å². The molecule has 0 heterocycles. The molecule has 0 saturated heterocycles. The van der Waals surface area contributed by atoms with Crippen LogP contribution in [0.25, 0.3) is 0 Å². The fraction of sp³-hybridized carbons (Fsp3) is 0.385. The molecule has 1 aromatic rings. The van der Waals surface area contributed by atoms with Crippen LogP contribution in [0, 0.1) is 11.3 Å². The number of nitriles is 1. The molecule has 1 rings (SSSR count). The van der Waals surface area contributed by atoms with Gasteiger partial charge in [-0.15, -0.1) is 0 Å². The number of benzene rings is 1. The third-order valence-electron chi connectivity index (χ3n) is 2.82. The SMILES string of the molecule is CCC(C)N(CC(=O)O)c1ccc(Cl)cc1C#N. The standard InChI is InChI=1S/C13H15ClN2O2/c1-3-9(2)16(8-13(17)18)12-5-4-11(14)6-10(12)7-15/h4-6,9H,3,8H2,1-2H3,(H,17,18). The molecule has 96 valence electrons. The molecule has 0 saturated carbocycles. The van der Waals surface area contributed by atoms with Gasteiger partial charge in [-0.25, -0.2) is 0 Å². The molecule has 0 amide bonds. The second-order valence-electron chi connectivity index (χ2n) is 4.05. The van der Waals surface area contributed by atoms with Crippen LogP contribution >= 0.6 is 11.6 Å². The molecule has 18 heavy (non-hydrogen) atoms. The number of carboxylic acid groups (broad SMARTS) is 1. The second kappa shape index (κ2) is 6.27. The lowest BCUT2D eigenvalue weighted by Crippen LogP contribution is -2.37. The van der Waals surface area contributed by atoms with Crippen LogP contribution in [0.15, 0.2) is 18.2 Å². The molecule has 1 N–H and O–H groups in total. The molecule has 0 spiro atoms. The Morgan fingerprint density at radius 3 is 2.78 bits per heavy atom. The van der Waals surface area contributed by atoms with Gasteiger partial charge < -0.3 is 10.0 Å². The Labute approximate surface area is 111 Å². The number of nitrogens with zero attached hydrogens (tertiary/aromatic N) is 2. The summed E-state index contributed by atoms with van der Waals surface area (Å²) < 4.78 is 0. The van der Waals surface area contributed by atoms with Gasteiger partial charge in [0.15, 0.2) is 0 Å². The highest BCUT2D eigenvalue weighted by Gasteiger charge is 2.19. The monoisotopic (exact) mass is 266 g/mol. The fourth-order valence-electron chi connectivity index (χ4n) is 1.69. The summed E-state index contributed by atoms with van der Waals surface area (Å²) in [5, 5.41) is 18.5. The van der Waals surface area contributed by atoms with Gasteiger partial charge in [0.05, 0.1) is 11.3 Å². The van der Waals surface area contributed by atoms with E-state index in [-0.39, 0.29) is 12.6 Å². The van der Waals surface area contributed by atoms with Crippen molar-refractivity contribution in [2.45, 2.75) is 26.3 Å². The van der Waals surface area contributed by atoms with Gasteiger partial charge in [-0.2, -0.15) is 5.26 Å². The maximum Gasteiger partial charge on any atom is 0.323 e. The summed E-state index contributed by atoms with van der Waals surface area (Å²) in [6, 6.07) is 6.99. The van der Waals surface area contributed by atoms with Crippen molar-refractivity contribution in [1.82, 2.24) is 0 Å². The normalized spacial score (nSPS) is 11.7. The maximum absolute atomic E-state index is 10.9. The van der Waals surface area contributed by atoms with Crippen molar-refractivity contribution >= 4 is 23.3 Å². The number of rotatable bonds is 5. The van der Waals surface area contributed by atoms with Crippen molar-refractivity contribution in [2.75, 3.05) is 11.4 Å². The van der Waals surface area contributed by atoms with E-state index >= 15 is 0 Å². The van der Waals surface area contributed by atoms with E-state index in [1.165, 1.54) is 0 Å². The molecule has 0 radical (unpaired) electrons. The zero-order chi connectivity index (χ0) is 13.7. The Morgan fingerprint density at radius 1 is 1.61 bits per heavy atom. The molecular formula is C13H15ClN2O2. The fourth-order valence-corrected chi connectivity index (χ4v) is 1.86. The molecule has 4 nitrogen and oxygen atoms in total. The number of carboxylic acids is 1. The first-order chi connectivity index (χ1) is 8.49. The van der Waals surface area contributed by atoms with Gasteiger partial charge in [0, 0.05) is 11.1 Å². The number of anilines is 1. The summed E-state index contributed by atoms with van der Waals surface area (Å²) in [5.41, 5.74) is 1.00. The molecule has 1 aromatic carbocycles. The molecule has 1 unspecified atom stereocenters. The number of hydrogen-bond acceptors (Lipinski definition) is 3. The number of halogens is 1. The van der Waals surface area contributed by atoms with Gasteiger partial charge >= 0.3 is 5.97 Å². The van der Waals surface area contributed by atoms with E-state index in [9.17, 15) is 4.79 Å². The van der Waals surface area contributed by atoms with E-state index in [1.54, 1.807) is 23.1 Å². The van der Waals surface area contributed by atoms with Gasteiger partial charge in [0.25, 0.3) is 0 Å². The number of carbonyl (C=O) groups is 1. The topological polar surface area (TPSA) is 64.3 Å². The predicted octanol–water partition coefficient (Wildman–Crippen LogP) is 2.90. The Hall–Kier alpha value is -1.73. The molecule has 0 aliphatic carbocycles. The molecule has 1 atom stereocenters. The van der Waals surface area contributed by atoms with Crippen LogP contribution in [0.4, 0.5) is 5.69 Å². The average Bonchev–Trinajstić information content (AvgIpc) is 2.35. The summed E-state index contributed by atoms with van der Waals surface area (Å²) in [6.07, 6.45) is 0.792. The minimum absolute atomic E-state index is 0.0365. The third-order valence-corrected chi connectivity index (χ3v) is 3.05. The third kappa shape index (κ3) is 3.38. The smallest absolute Gasteiger partial charge is 0.323 e. The summed E-state index contributed by atoms with van der Waals surface area (Å²) in [7, 11) is 0. The van der Waals surface area contributed by atoms with Gasteiger partial charge in [-0.3, -0.25) is 4.79 Å². The van der Waals surface area contributed by atoms with Crippen molar-refractivity contribution < 1.29 is 9.90 Å². The first-order valence-electron chi connectivity index (χ1n) is 5.67. The van der Waals surface area contributed by atoms with Crippen molar-refractivity contribution in [3.05, 3.63) is 28.8 Å². The van der Waals surface area contributed by atoms with Crippen molar-refractivity contribution in [1.29, 1.82) is 5.26 Å². The van der Waals surface area contributed by atoms with E-state index in [0.29, 0.717) is 16.3 Å². The summed E-state index contributed by atoms with van der Waals surface area (Å²) in [4.78, 5) is 12.6. The lowest BCUT2D eigenvalue weighted by Gasteiger charge is -2.29. The van der Waals surface area contributed by atoms with E-state index < -0.39 is 5.97 Å². The van der Waals surface area contributed by atoms with Crippen LogP contribution in [0.2, 0.25) is 5.02 Å². The zero-order valence-electron chi connectivity index (χ0n) is 10.4. The van der Waals surface area contributed by atoms with Crippen molar-refractivity contribution in [2.24, 2.45) is 0 Å². The molecule has 0 fully saturated rings. The van der Waals surface area contributed by atoms with Crippen LogP contribution < -0.4 is 4.90 Å². The highest BCUT2D eigenvalue weighted by atomic mass is 35.5. The van der Waals surface area contributed by atoms with Crippen LogP contribution in [-0.2, 0) is 4.79 Å². The summed E-state index contributed by atoms with van der Waals surface area (Å²) in [5.74, 6) is -0.922. The minimum Gasteiger partial charge on any atom is -0.480 e. The van der Waals surface area contributed by atoms with E-state index in [2.05, 4.69) is 6.07 Å². The van der Waals surface area contributed by atoms with Gasteiger partial charge in [-0.05, 0) is 31.5 Å². The molecular weight excluding hydrogens is 252 g/mol. The maximum atomic E-state index is 10.9. The Bertz CT molecular complexity index is 482. The van der Waals surface area contributed by atoms with Crippen LogP contribution in [0.1, 0.15) is 25.8 Å². The lowest BCUT2D eigenvalue weighted by molar-refractivity contribution is -0.135. The number of hydrogen-bond donors (Lipinski definition) is 1. The van der Waals surface area contributed by atoms with Gasteiger partial charge in [0.1, 0.15) is 12.6 Å². The molecule has 0 aliphatic heterocycles. The number of aliphatic carboxylic acids is 1. The highest BCUT2D eigenvalue weighted by molar-refractivity contribution is 6.30. The highest BCUT2D eigenvalue weighted by Crippen LogP contribution is 2.26. The molecule has 5 heteroatoms. The van der Waals surface area contributed by atoms with Crippen molar-refractivity contribution in [3.63, 3.8) is 0 Å². The van der Waals surface area contributed by atoms with Gasteiger partial charge in [-0.1, -0.05) is 18.5 Å². The Morgan fingerprint density at radius 2 is 2.28 bits per heavy atom. The minimum atomic E-state index is -0.922. The average molecular weight is 267 g/mol. The summed E-state index contributed by atoms with van der Waals surface area (Å²) in [6.45, 7) is 3.77. The Kier molecular flexibility index (Phi) is 4.99. The zero-order valence-corrected chi connectivity index (χ0v) is 11.1. The first-order valence-corrected chi connectivity index (χ1v) is 6.05. The Balaban J connectivity index is 3.20. The second-order valence-corrected chi connectivity index (χ2v) is 4.49. The largest absolute Gasteiger partial charge is 0.480 e. The van der Waals surface area contributed by atoms with Crippen LogP contribution in [0.3, 0.4) is 0 Å². The quantitative estimate of drug-likeness (QED) is 0.890. The molecule has 0 aromatic heterocycles. The lowest BCUT2D eigenvalue weighted by atomic mass is 10.1. The predicted molar refractivity (Wildman–Crippen MR) is 70.9 cm³/mol.